The number of ether oxygens (including phenoxy) is 1. The standard InChI is InChI=1S/C22H27ClFN7O2S/c1-13(12-33-4)28-22(32)16-11-31(34-24)21-20(16)29-18(10-27-21)19(25)15-6-5-14(23)9-17(15)26-7-8-30(2)3/h5-6,9-11,13,25-26H,7-8,12H2,1-4H3,(H,28,32). The third-order valence-corrected chi connectivity index (χ3v) is 5.62. The van der Waals surface area contributed by atoms with E-state index in [2.05, 4.69) is 20.6 Å². The lowest BCUT2D eigenvalue weighted by molar-refractivity contribution is 0.0907. The molecule has 3 aromatic rings. The van der Waals surface area contributed by atoms with Crippen LogP contribution >= 0.6 is 23.9 Å². The van der Waals surface area contributed by atoms with E-state index in [0.29, 0.717) is 29.4 Å². The van der Waals surface area contributed by atoms with Crippen LogP contribution in [0.4, 0.5) is 9.57 Å². The van der Waals surface area contributed by atoms with Gasteiger partial charge in [0.15, 0.2) is 18.0 Å². The minimum atomic E-state index is -0.433. The fourth-order valence-corrected chi connectivity index (χ4v) is 3.85. The van der Waals surface area contributed by atoms with Gasteiger partial charge in [-0.2, -0.15) is 0 Å². The van der Waals surface area contributed by atoms with Crippen molar-refractivity contribution in [3.05, 3.63) is 52.4 Å². The monoisotopic (exact) mass is 507 g/mol. The predicted octanol–water partition coefficient (Wildman–Crippen LogP) is 3.62. The highest BCUT2D eigenvalue weighted by Crippen LogP contribution is 2.26. The number of halogens is 2. The summed E-state index contributed by atoms with van der Waals surface area (Å²) >= 11 is 6.10. The zero-order chi connectivity index (χ0) is 24.8. The number of amides is 1. The number of methoxy groups -OCH3 is 1. The Kier molecular flexibility index (Phi) is 8.84. The van der Waals surface area contributed by atoms with Crippen LogP contribution in [0.2, 0.25) is 5.02 Å². The molecule has 2 aromatic heterocycles. The quantitative estimate of drug-likeness (QED) is 0.340. The van der Waals surface area contributed by atoms with E-state index in [9.17, 15) is 8.68 Å². The Morgan fingerprint density at radius 3 is 2.82 bits per heavy atom. The third-order valence-electron chi connectivity index (χ3n) is 4.96. The van der Waals surface area contributed by atoms with E-state index in [-0.39, 0.29) is 46.5 Å². The first-order valence-corrected chi connectivity index (χ1v) is 11.5. The first-order valence-electron chi connectivity index (χ1n) is 10.5. The first kappa shape index (κ1) is 25.9. The van der Waals surface area contributed by atoms with Gasteiger partial charge in [-0.05, 0) is 39.2 Å². The molecule has 34 heavy (non-hydrogen) atoms. The Labute approximate surface area is 207 Å². The molecule has 2 heterocycles. The zero-order valence-electron chi connectivity index (χ0n) is 19.4. The Morgan fingerprint density at radius 2 is 2.15 bits per heavy atom. The van der Waals surface area contributed by atoms with Gasteiger partial charge >= 0.3 is 0 Å². The topological polar surface area (TPSA) is 108 Å². The van der Waals surface area contributed by atoms with Gasteiger partial charge in [0.25, 0.3) is 5.91 Å². The van der Waals surface area contributed by atoms with Crippen LogP contribution in [0, 0.1) is 5.41 Å². The van der Waals surface area contributed by atoms with Gasteiger partial charge in [0.2, 0.25) is 0 Å². The molecule has 1 aromatic carbocycles. The van der Waals surface area contributed by atoms with Gasteiger partial charge in [-0.1, -0.05) is 11.6 Å². The van der Waals surface area contributed by atoms with E-state index < -0.39 is 5.91 Å². The molecule has 3 rings (SSSR count). The lowest BCUT2D eigenvalue weighted by atomic mass is 10.1. The van der Waals surface area contributed by atoms with Gasteiger partial charge in [-0.25, -0.2) is 13.9 Å². The van der Waals surface area contributed by atoms with E-state index in [0.717, 1.165) is 10.5 Å². The summed E-state index contributed by atoms with van der Waals surface area (Å²) in [6.07, 6.45) is 2.74. The summed E-state index contributed by atoms with van der Waals surface area (Å²) in [5, 5.41) is 15.4. The van der Waals surface area contributed by atoms with Crippen molar-refractivity contribution in [1.29, 1.82) is 5.41 Å². The molecule has 0 radical (unpaired) electrons. The Bertz CT molecular complexity index is 1190. The number of nitrogens with one attached hydrogen (secondary N) is 3. The Hall–Kier alpha value is -2.73. The molecule has 0 aliphatic rings. The average Bonchev–Trinajstić information content (AvgIpc) is 3.17. The number of benzene rings is 1. The number of hydrogen-bond acceptors (Lipinski definition) is 8. The van der Waals surface area contributed by atoms with Crippen molar-refractivity contribution in [3.63, 3.8) is 0 Å². The molecule has 0 saturated heterocycles. The molecule has 1 unspecified atom stereocenters. The van der Waals surface area contributed by atoms with Gasteiger partial charge in [-0.15, -0.1) is 3.89 Å². The van der Waals surface area contributed by atoms with E-state index >= 15 is 0 Å². The van der Waals surface area contributed by atoms with Crippen molar-refractivity contribution in [2.75, 3.05) is 46.2 Å². The predicted molar refractivity (Wildman–Crippen MR) is 135 cm³/mol. The second-order valence-electron chi connectivity index (χ2n) is 7.99. The fraction of sp³-hybridized carbons (Fsp3) is 0.364. The lowest BCUT2D eigenvalue weighted by Crippen LogP contribution is -2.35. The Morgan fingerprint density at radius 1 is 1.38 bits per heavy atom. The summed E-state index contributed by atoms with van der Waals surface area (Å²) < 4.78 is 19.7. The number of rotatable bonds is 11. The smallest absolute Gasteiger partial charge is 0.255 e. The van der Waals surface area contributed by atoms with Crippen LogP contribution in [0.25, 0.3) is 11.2 Å². The average molecular weight is 508 g/mol. The minimum absolute atomic E-state index is 0.0811. The van der Waals surface area contributed by atoms with Gasteiger partial charge in [0, 0.05) is 48.7 Å². The highest BCUT2D eigenvalue weighted by molar-refractivity contribution is 7.92. The number of hydrogen-bond donors (Lipinski definition) is 3. The maximum atomic E-state index is 13.5. The van der Waals surface area contributed by atoms with E-state index in [1.807, 2.05) is 19.0 Å². The first-order chi connectivity index (χ1) is 16.2. The van der Waals surface area contributed by atoms with Crippen LogP contribution in [-0.4, -0.2) is 77.4 Å². The van der Waals surface area contributed by atoms with E-state index in [4.69, 9.17) is 21.7 Å². The number of anilines is 1. The summed E-state index contributed by atoms with van der Waals surface area (Å²) in [7, 11) is 5.48. The Balaban J connectivity index is 1.98. The molecule has 0 aliphatic heterocycles. The van der Waals surface area contributed by atoms with Crippen molar-refractivity contribution in [3.8, 4) is 0 Å². The van der Waals surface area contributed by atoms with Crippen molar-refractivity contribution in [2.24, 2.45) is 0 Å². The maximum absolute atomic E-state index is 13.5. The SMILES string of the molecule is COCC(C)NC(=O)c1cn(SF)c2ncc(C(=N)c3ccc(Cl)cc3NCCN(C)C)nc12. The molecular formula is C22H27ClFN7O2S. The minimum Gasteiger partial charge on any atom is -0.383 e. The van der Waals surface area contributed by atoms with Crippen LogP contribution in [0.3, 0.4) is 0 Å². The summed E-state index contributed by atoms with van der Waals surface area (Å²) in [5.41, 5.74) is 2.15. The number of fused-ring (bicyclic) bond motifs is 1. The van der Waals surface area contributed by atoms with Crippen LogP contribution in [0.1, 0.15) is 28.5 Å². The molecule has 1 atom stereocenters. The molecule has 12 heteroatoms. The fourth-order valence-electron chi connectivity index (χ4n) is 3.33. The third kappa shape index (κ3) is 6.03. The molecule has 0 fully saturated rings. The molecule has 3 N–H and O–H groups in total. The summed E-state index contributed by atoms with van der Waals surface area (Å²) in [4.78, 5) is 23.7. The number of carbonyl (C=O) groups excluding carboxylic acids is 1. The molecule has 1 amide bonds. The second-order valence-corrected chi connectivity index (χ2v) is 8.96. The van der Waals surface area contributed by atoms with Gasteiger partial charge in [0.05, 0.1) is 24.1 Å². The van der Waals surface area contributed by atoms with Gasteiger partial charge in [-0.3, -0.25) is 10.2 Å². The maximum Gasteiger partial charge on any atom is 0.255 e. The van der Waals surface area contributed by atoms with Crippen LogP contribution in [0.5, 0.6) is 0 Å². The normalized spacial score (nSPS) is 12.2. The summed E-state index contributed by atoms with van der Waals surface area (Å²) in [6.45, 7) is 3.56. The molecule has 9 nitrogen and oxygen atoms in total. The molecule has 0 saturated carbocycles. The number of carbonyl (C=O) groups is 1. The van der Waals surface area contributed by atoms with Crippen LogP contribution in [-0.2, 0) is 4.74 Å². The number of likely N-dealkylation sites (N-methyl/N-ethyl adjacent to an activating group) is 1. The van der Waals surface area contributed by atoms with E-state index in [1.165, 1.54) is 19.5 Å². The molecule has 0 spiro atoms. The number of aromatic nitrogens is 3. The highest BCUT2D eigenvalue weighted by Gasteiger charge is 2.22. The van der Waals surface area contributed by atoms with Gasteiger partial charge in [0.1, 0.15) is 11.2 Å². The van der Waals surface area contributed by atoms with Crippen LogP contribution in [0.15, 0.2) is 30.6 Å². The van der Waals surface area contributed by atoms with E-state index in [1.54, 1.807) is 25.1 Å². The highest BCUT2D eigenvalue weighted by atomic mass is 35.5. The second kappa shape index (κ2) is 11.6. The molecule has 182 valence electrons. The largest absolute Gasteiger partial charge is 0.383 e. The lowest BCUT2D eigenvalue weighted by Gasteiger charge is -2.15. The zero-order valence-corrected chi connectivity index (χ0v) is 20.9. The van der Waals surface area contributed by atoms with Crippen molar-refractivity contribution < 1.29 is 13.4 Å². The van der Waals surface area contributed by atoms with Crippen molar-refractivity contribution in [2.45, 2.75) is 13.0 Å². The summed E-state index contributed by atoms with van der Waals surface area (Å²) in [5.74, 6) is -0.433. The van der Waals surface area contributed by atoms with Crippen molar-refractivity contribution >= 4 is 52.4 Å². The molecular weight excluding hydrogens is 481 g/mol. The molecule has 0 bridgehead atoms. The van der Waals surface area contributed by atoms with Gasteiger partial charge < -0.3 is 20.3 Å². The number of nitrogens with zero attached hydrogens (tertiary/aromatic N) is 4. The van der Waals surface area contributed by atoms with Crippen molar-refractivity contribution in [1.82, 2.24) is 24.2 Å². The summed E-state index contributed by atoms with van der Waals surface area (Å²) in [6, 6.07) is 4.92. The molecule has 0 aliphatic carbocycles. The van der Waals surface area contributed by atoms with Crippen LogP contribution < -0.4 is 10.6 Å².